The minimum absolute atomic E-state index is 0.393. The average Bonchev–Trinajstić information content (AvgIpc) is 2.56. The molecule has 5 nitrogen and oxygen atoms in total. The van der Waals surface area contributed by atoms with Crippen LogP contribution < -0.4 is 10.1 Å². The van der Waals surface area contributed by atoms with Gasteiger partial charge in [0, 0.05) is 12.6 Å². The Bertz CT molecular complexity index is 607. The third-order valence-electron chi connectivity index (χ3n) is 2.48. The Morgan fingerprint density at radius 3 is 2.57 bits per heavy atom. The van der Waals surface area contributed by atoms with Gasteiger partial charge in [-0.25, -0.2) is 4.98 Å². The van der Waals surface area contributed by atoms with Crippen molar-refractivity contribution < 1.29 is 9.53 Å². The molecule has 0 unspecified atom stereocenters. The number of rotatable bonds is 4. The highest BCUT2D eigenvalue weighted by atomic mass is 16.5. The molecule has 0 aliphatic rings. The summed E-state index contributed by atoms with van der Waals surface area (Å²) in [4.78, 5) is 14.0. The van der Waals surface area contributed by atoms with E-state index in [0.717, 1.165) is 17.5 Å². The molecule has 0 atom stereocenters. The molecule has 1 aromatic carbocycles. The normalized spacial score (nSPS) is 8.81. The summed E-state index contributed by atoms with van der Waals surface area (Å²) in [7, 11) is 1.78. The highest BCUT2D eigenvalue weighted by Gasteiger charge is 2.04. The van der Waals surface area contributed by atoms with Crippen LogP contribution in [0.4, 0.5) is 5.69 Å². The van der Waals surface area contributed by atoms with Gasteiger partial charge in [0.2, 0.25) is 5.88 Å². The second-order valence-corrected chi connectivity index (χ2v) is 3.90. The van der Waals surface area contributed by atoms with Crippen molar-refractivity contribution in [2.24, 2.45) is 0 Å². The largest absolute Gasteiger partial charge is 0.477 e. The van der Waals surface area contributed by atoms with Crippen LogP contribution in [0.15, 0.2) is 42.6 Å². The Hall–Kier alpha value is -2.87. The monoisotopic (exact) mass is 283 g/mol. The molecule has 0 amide bonds. The maximum absolute atomic E-state index is 10.0. The van der Waals surface area contributed by atoms with Gasteiger partial charge in [-0.3, -0.25) is 4.79 Å². The molecular weight excluding hydrogens is 266 g/mol. The standard InChI is InChI=1S/C9H11N3O.C7H6O/c1-3-13-9-7(5-10)4-8(11-2)6-12-9;8-6-7-4-2-1-3-5-7/h4,6,11H,3H2,1-2H3;1-6H. The molecule has 0 fully saturated rings. The van der Waals surface area contributed by atoms with Gasteiger partial charge < -0.3 is 10.1 Å². The minimum atomic E-state index is 0.393. The predicted molar refractivity (Wildman–Crippen MR) is 81.5 cm³/mol. The molecule has 2 rings (SSSR count). The Kier molecular flexibility index (Phi) is 7.01. The van der Waals surface area contributed by atoms with E-state index in [4.69, 9.17) is 10.00 Å². The minimum Gasteiger partial charge on any atom is -0.477 e. The molecule has 1 heterocycles. The number of anilines is 1. The summed E-state index contributed by atoms with van der Waals surface area (Å²) in [5, 5.41) is 11.7. The SMILES string of the molecule is CCOc1ncc(NC)cc1C#N.O=Cc1ccccc1. The van der Waals surface area contributed by atoms with Crippen LogP contribution in [0.1, 0.15) is 22.8 Å². The van der Waals surface area contributed by atoms with Gasteiger partial charge in [0.1, 0.15) is 17.9 Å². The molecule has 0 aliphatic carbocycles. The third kappa shape index (κ3) is 5.33. The highest BCUT2D eigenvalue weighted by molar-refractivity contribution is 5.74. The number of nitrogens with zero attached hydrogens (tertiary/aromatic N) is 2. The lowest BCUT2D eigenvalue weighted by molar-refractivity contribution is 0.112. The number of aldehydes is 1. The summed E-state index contributed by atoms with van der Waals surface area (Å²) in [6, 6.07) is 12.8. The number of hydrogen-bond donors (Lipinski definition) is 1. The zero-order chi connectivity index (χ0) is 15.5. The Balaban J connectivity index is 0.000000235. The van der Waals surface area contributed by atoms with Crippen molar-refractivity contribution in [1.29, 1.82) is 5.26 Å². The lowest BCUT2D eigenvalue weighted by Gasteiger charge is -2.05. The molecule has 21 heavy (non-hydrogen) atoms. The van der Waals surface area contributed by atoms with E-state index in [1.807, 2.05) is 31.2 Å². The summed E-state index contributed by atoms with van der Waals surface area (Å²) in [6.07, 6.45) is 2.46. The molecule has 0 saturated carbocycles. The van der Waals surface area contributed by atoms with Gasteiger partial charge in [-0.05, 0) is 13.0 Å². The fourth-order valence-electron chi connectivity index (χ4n) is 1.45. The summed E-state index contributed by atoms with van der Waals surface area (Å²) in [5.41, 5.74) is 1.99. The highest BCUT2D eigenvalue weighted by Crippen LogP contribution is 2.17. The van der Waals surface area contributed by atoms with Crippen molar-refractivity contribution in [1.82, 2.24) is 4.98 Å². The number of carbonyl (C=O) groups excluding carboxylic acids is 1. The zero-order valence-electron chi connectivity index (χ0n) is 12.0. The molecule has 0 bridgehead atoms. The van der Waals surface area contributed by atoms with E-state index in [9.17, 15) is 4.79 Å². The molecule has 2 aromatic rings. The average molecular weight is 283 g/mol. The second kappa shape index (κ2) is 9.10. The molecule has 108 valence electrons. The van der Waals surface area contributed by atoms with Crippen molar-refractivity contribution in [3.05, 3.63) is 53.7 Å². The number of nitrogens with one attached hydrogen (secondary N) is 1. The first-order chi connectivity index (χ1) is 10.2. The van der Waals surface area contributed by atoms with E-state index in [1.165, 1.54) is 0 Å². The molecule has 1 N–H and O–H groups in total. The lowest BCUT2D eigenvalue weighted by Crippen LogP contribution is -1.98. The van der Waals surface area contributed by atoms with Crippen LogP contribution >= 0.6 is 0 Å². The van der Waals surface area contributed by atoms with E-state index in [0.29, 0.717) is 18.1 Å². The maximum atomic E-state index is 10.0. The van der Waals surface area contributed by atoms with Gasteiger partial charge in [-0.2, -0.15) is 5.26 Å². The van der Waals surface area contributed by atoms with Crippen LogP contribution in [0.2, 0.25) is 0 Å². The van der Waals surface area contributed by atoms with E-state index in [2.05, 4.69) is 10.3 Å². The Morgan fingerprint density at radius 1 is 1.38 bits per heavy atom. The van der Waals surface area contributed by atoms with Crippen molar-refractivity contribution in [3.63, 3.8) is 0 Å². The van der Waals surface area contributed by atoms with Gasteiger partial charge in [-0.15, -0.1) is 0 Å². The van der Waals surface area contributed by atoms with Crippen LogP contribution in [0.25, 0.3) is 0 Å². The van der Waals surface area contributed by atoms with Gasteiger partial charge in [0.25, 0.3) is 0 Å². The van der Waals surface area contributed by atoms with E-state index in [-0.39, 0.29) is 0 Å². The fraction of sp³-hybridized carbons (Fsp3) is 0.188. The topological polar surface area (TPSA) is 75.0 Å². The van der Waals surface area contributed by atoms with E-state index in [1.54, 1.807) is 31.4 Å². The smallest absolute Gasteiger partial charge is 0.231 e. The number of ether oxygens (including phenoxy) is 1. The Labute approximate surface area is 124 Å². The van der Waals surface area contributed by atoms with Crippen LogP contribution in [-0.2, 0) is 0 Å². The van der Waals surface area contributed by atoms with Gasteiger partial charge in [0.15, 0.2) is 0 Å². The van der Waals surface area contributed by atoms with Crippen LogP contribution in [0.3, 0.4) is 0 Å². The molecule has 5 heteroatoms. The first-order valence-electron chi connectivity index (χ1n) is 6.46. The van der Waals surface area contributed by atoms with Gasteiger partial charge in [0.05, 0.1) is 18.5 Å². The fourth-order valence-corrected chi connectivity index (χ4v) is 1.45. The van der Waals surface area contributed by atoms with E-state index >= 15 is 0 Å². The molecular formula is C16H17N3O2. The first-order valence-corrected chi connectivity index (χ1v) is 6.46. The molecule has 1 aromatic heterocycles. The van der Waals surface area contributed by atoms with Crippen molar-refractivity contribution in [2.45, 2.75) is 6.92 Å². The quantitative estimate of drug-likeness (QED) is 0.873. The lowest BCUT2D eigenvalue weighted by atomic mass is 10.2. The number of pyridine rings is 1. The van der Waals surface area contributed by atoms with Gasteiger partial charge in [-0.1, -0.05) is 30.3 Å². The number of carbonyl (C=O) groups is 1. The second-order valence-electron chi connectivity index (χ2n) is 3.90. The van der Waals surface area contributed by atoms with Crippen LogP contribution in [-0.4, -0.2) is 24.9 Å². The summed E-state index contributed by atoms with van der Waals surface area (Å²) >= 11 is 0. The van der Waals surface area contributed by atoms with Crippen molar-refractivity contribution in [3.8, 4) is 11.9 Å². The zero-order valence-corrected chi connectivity index (χ0v) is 12.0. The molecule has 0 saturated heterocycles. The molecule has 0 aliphatic heterocycles. The predicted octanol–water partition coefficient (Wildman–Crippen LogP) is 2.89. The number of nitriles is 1. The van der Waals surface area contributed by atoms with Crippen LogP contribution in [0, 0.1) is 11.3 Å². The molecule has 0 radical (unpaired) electrons. The molecule has 0 spiro atoms. The van der Waals surface area contributed by atoms with Crippen molar-refractivity contribution >= 4 is 12.0 Å². The summed E-state index contributed by atoms with van der Waals surface area (Å²) in [5.74, 6) is 0.393. The summed E-state index contributed by atoms with van der Waals surface area (Å²) in [6.45, 7) is 2.37. The number of aromatic nitrogens is 1. The van der Waals surface area contributed by atoms with Crippen molar-refractivity contribution in [2.75, 3.05) is 19.0 Å². The Morgan fingerprint density at radius 2 is 2.10 bits per heavy atom. The third-order valence-corrected chi connectivity index (χ3v) is 2.48. The maximum Gasteiger partial charge on any atom is 0.231 e. The first kappa shape index (κ1) is 16.2. The van der Waals surface area contributed by atoms with Crippen LogP contribution in [0.5, 0.6) is 5.88 Å². The summed E-state index contributed by atoms with van der Waals surface area (Å²) < 4.78 is 5.17. The van der Waals surface area contributed by atoms with E-state index < -0.39 is 0 Å². The van der Waals surface area contributed by atoms with Gasteiger partial charge >= 0.3 is 0 Å². The number of hydrogen-bond acceptors (Lipinski definition) is 5. The number of benzene rings is 1.